The highest BCUT2D eigenvalue weighted by Gasteiger charge is 2.29. The van der Waals surface area contributed by atoms with E-state index in [1.807, 2.05) is 20.8 Å². The van der Waals surface area contributed by atoms with Gasteiger partial charge in [-0.15, -0.1) is 0 Å². The molecule has 1 unspecified atom stereocenters. The van der Waals surface area contributed by atoms with Crippen LogP contribution in [0, 0.1) is 5.92 Å². The highest BCUT2D eigenvalue weighted by atomic mass is 35.5. The van der Waals surface area contributed by atoms with E-state index in [1.165, 1.54) is 40.6 Å². The average molecular weight is 394 g/mol. The third-order valence-corrected chi connectivity index (χ3v) is 5.52. The number of nitrogens with zero attached hydrogens (tertiary/aromatic N) is 2. The lowest BCUT2D eigenvalue weighted by Crippen LogP contribution is -2.37. The van der Waals surface area contributed by atoms with Crippen molar-refractivity contribution < 1.29 is 9.90 Å². The Morgan fingerprint density at radius 3 is 2.81 bits per heavy atom. The fourth-order valence-corrected chi connectivity index (χ4v) is 3.86. The highest BCUT2D eigenvalue weighted by Crippen LogP contribution is 2.30. The first-order valence-electron chi connectivity index (χ1n) is 8.19. The van der Waals surface area contributed by atoms with Gasteiger partial charge in [0.1, 0.15) is 5.75 Å². The Labute approximate surface area is 160 Å². The van der Waals surface area contributed by atoms with Crippen molar-refractivity contribution >= 4 is 35.0 Å². The number of carbonyl (C=O) groups is 1. The van der Waals surface area contributed by atoms with Gasteiger partial charge in [-0.05, 0) is 18.2 Å². The first-order chi connectivity index (χ1) is 12.1. The molecule has 1 amide bonds. The molecule has 26 heavy (non-hydrogen) atoms. The quantitative estimate of drug-likeness (QED) is 0.604. The molecular weight excluding hydrogens is 374 g/mol. The zero-order valence-electron chi connectivity index (χ0n) is 14.7. The molecule has 0 saturated carbocycles. The molecule has 2 N–H and O–H groups in total. The van der Waals surface area contributed by atoms with Gasteiger partial charge in [-0.2, -0.15) is 0 Å². The second kappa shape index (κ2) is 6.96. The second-order valence-electron chi connectivity index (χ2n) is 7.28. The summed E-state index contributed by atoms with van der Waals surface area (Å²) in [5, 5.41) is 13.6. The summed E-state index contributed by atoms with van der Waals surface area (Å²) in [5.41, 5.74) is 0.628. The van der Waals surface area contributed by atoms with Crippen molar-refractivity contribution in [1.29, 1.82) is 0 Å². The lowest BCUT2D eigenvalue weighted by molar-refractivity contribution is -0.119. The van der Waals surface area contributed by atoms with E-state index >= 15 is 0 Å². The number of nitrogens with one attached hydrogen (secondary N) is 1. The van der Waals surface area contributed by atoms with Gasteiger partial charge in [0.2, 0.25) is 5.91 Å². The summed E-state index contributed by atoms with van der Waals surface area (Å²) in [5.74, 6) is -0.230. The van der Waals surface area contributed by atoms with Crippen LogP contribution in [-0.2, 0) is 16.8 Å². The first-order valence-corrected chi connectivity index (χ1v) is 9.56. The normalized spacial score (nSPS) is 16.8. The predicted molar refractivity (Wildman–Crippen MR) is 103 cm³/mol. The van der Waals surface area contributed by atoms with Gasteiger partial charge in [-0.3, -0.25) is 14.2 Å². The van der Waals surface area contributed by atoms with Crippen molar-refractivity contribution in [3.8, 4) is 5.75 Å². The van der Waals surface area contributed by atoms with Crippen LogP contribution in [0.4, 0.5) is 5.69 Å². The number of fused-ring (bicyclic) bond motifs is 1. The number of hydrogen-bond donors (Lipinski definition) is 2. The molecular formula is C18H20ClN3O3S. The number of halogens is 1. The van der Waals surface area contributed by atoms with Crippen LogP contribution < -0.4 is 10.9 Å². The molecule has 138 valence electrons. The molecule has 1 aromatic heterocycles. The fourth-order valence-electron chi connectivity index (χ4n) is 2.60. The number of amides is 1. The SMILES string of the molecule is CC(C)(C)c1cc(=O)n2c(n1)SCC(C(=O)Nc1cc(Cl)ccc1O)C2. The Bertz CT molecular complexity index is 921. The monoisotopic (exact) mass is 393 g/mol. The van der Waals surface area contributed by atoms with E-state index in [4.69, 9.17) is 11.6 Å². The molecule has 0 spiro atoms. The molecule has 2 aromatic rings. The number of aromatic nitrogens is 2. The number of phenols is 1. The summed E-state index contributed by atoms with van der Waals surface area (Å²) in [6.07, 6.45) is 0. The molecule has 0 radical (unpaired) electrons. The van der Waals surface area contributed by atoms with E-state index in [2.05, 4.69) is 10.3 Å². The van der Waals surface area contributed by atoms with Gasteiger partial charge in [0.05, 0.1) is 17.3 Å². The number of carbonyl (C=O) groups excluding carboxylic acids is 1. The minimum Gasteiger partial charge on any atom is -0.506 e. The highest BCUT2D eigenvalue weighted by molar-refractivity contribution is 7.99. The van der Waals surface area contributed by atoms with Crippen molar-refractivity contribution in [2.45, 2.75) is 37.9 Å². The molecule has 1 aliphatic heterocycles. The van der Waals surface area contributed by atoms with Crippen molar-refractivity contribution in [3.63, 3.8) is 0 Å². The molecule has 1 aromatic carbocycles. The predicted octanol–water partition coefficient (Wildman–Crippen LogP) is 3.26. The van der Waals surface area contributed by atoms with E-state index in [0.29, 0.717) is 15.9 Å². The molecule has 1 aliphatic rings. The summed E-state index contributed by atoms with van der Waals surface area (Å²) in [7, 11) is 0. The van der Waals surface area contributed by atoms with Gasteiger partial charge >= 0.3 is 0 Å². The molecule has 0 saturated heterocycles. The van der Waals surface area contributed by atoms with E-state index in [-0.39, 0.29) is 34.9 Å². The molecule has 0 bridgehead atoms. The van der Waals surface area contributed by atoms with Crippen LogP contribution in [0.5, 0.6) is 5.75 Å². The molecule has 8 heteroatoms. The third kappa shape index (κ3) is 3.88. The van der Waals surface area contributed by atoms with E-state index in [9.17, 15) is 14.7 Å². The minimum absolute atomic E-state index is 0.0553. The smallest absolute Gasteiger partial charge is 0.254 e. The van der Waals surface area contributed by atoms with Gasteiger partial charge in [0, 0.05) is 28.8 Å². The van der Waals surface area contributed by atoms with Crippen LogP contribution in [0.25, 0.3) is 0 Å². The third-order valence-electron chi connectivity index (χ3n) is 4.15. The molecule has 1 atom stereocenters. The van der Waals surface area contributed by atoms with E-state index in [0.717, 1.165) is 5.69 Å². The maximum Gasteiger partial charge on any atom is 0.254 e. The van der Waals surface area contributed by atoms with Crippen LogP contribution in [0.15, 0.2) is 34.2 Å². The van der Waals surface area contributed by atoms with E-state index in [1.54, 1.807) is 0 Å². The molecule has 0 aliphatic carbocycles. The second-order valence-corrected chi connectivity index (χ2v) is 8.71. The van der Waals surface area contributed by atoms with Crippen molar-refractivity contribution in [1.82, 2.24) is 9.55 Å². The molecule has 6 nitrogen and oxygen atoms in total. The van der Waals surface area contributed by atoms with Crippen LogP contribution in [0.3, 0.4) is 0 Å². The maximum absolute atomic E-state index is 12.6. The number of phenolic OH excluding ortho intramolecular Hbond substituents is 1. The summed E-state index contributed by atoms with van der Waals surface area (Å²) in [4.78, 5) is 29.6. The number of anilines is 1. The van der Waals surface area contributed by atoms with Gasteiger partial charge in [-0.25, -0.2) is 4.98 Å². The Kier molecular flexibility index (Phi) is 5.03. The van der Waals surface area contributed by atoms with Crippen molar-refractivity contribution in [2.75, 3.05) is 11.1 Å². The fraction of sp³-hybridized carbons (Fsp3) is 0.389. The number of benzene rings is 1. The van der Waals surface area contributed by atoms with Crippen LogP contribution in [-0.4, -0.2) is 26.3 Å². The lowest BCUT2D eigenvalue weighted by Gasteiger charge is -2.26. The Morgan fingerprint density at radius 2 is 2.12 bits per heavy atom. The van der Waals surface area contributed by atoms with Crippen molar-refractivity contribution in [3.05, 3.63) is 45.3 Å². The standard InChI is InChI=1S/C18H20ClN3O3S/c1-18(2,3)14-7-15(24)22-8-10(9-26-17(22)21-14)16(25)20-12-6-11(19)4-5-13(12)23/h4-7,10,23H,8-9H2,1-3H3,(H,20,25). The first kappa shape index (κ1) is 18.8. The maximum atomic E-state index is 12.6. The minimum atomic E-state index is -0.411. The average Bonchev–Trinajstić information content (AvgIpc) is 2.57. The number of thioether (sulfide) groups is 1. The zero-order chi connectivity index (χ0) is 19.1. The van der Waals surface area contributed by atoms with Gasteiger partial charge in [-0.1, -0.05) is 44.1 Å². The van der Waals surface area contributed by atoms with Gasteiger partial charge in [0.25, 0.3) is 5.56 Å². The Balaban J connectivity index is 1.81. The summed E-state index contributed by atoms with van der Waals surface area (Å²) >= 11 is 7.30. The van der Waals surface area contributed by atoms with Crippen LogP contribution in [0.1, 0.15) is 26.5 Å². The van der Waals surface area contributed by atoms with Gasteiger partial charge < -0.3 is 10.4 Å². The van der Waals surface area contributed by atoms with Crippen molar-refractivity contribution in [2.24, 2.45) is 5.92 Å². The van der Waals surface area contributed by atoms with Crippen LogP contribution >= 0.6 is 23.4 Å². The zero-order valence-corrected chi connectivity index (χ0v) is 16.3. The number of rotatable bonds is 2. The topological polar surface area (TPSA) is 84.2 Å². The summed E-state index contributed by atoms with van der Waals surface area (Å²) in [6, 6.07) is 5.98. The van der Waals surface area contributed by atoms with E-state index < -0.39 is 5.92 Å². The lowest BCUT2D eigenvalue weighted by atomic mass is 9.92. The molecule has 3 rings (SSSR count). The molecule has 2 heterocycles. The Hall–Kier alpha value is -1.99. The van der Waals surface area contributed by atoms with Gasteiger partial charge in [0.15, 0.2) is 5.16 Å². The number of aromatic hydroxyl groups is 1. The number of hydrogen-bond acceptors (Lipinski definition) is 5. The Morgan fingerprint density at radius 1 is 1.38 bits per heavy atom. The molecule has 0 fully saturated rings. The summed E-state index contributed by atoms with van der Waals surface area (Å²) in [6.45, 7) is 6.28. The largest absolute Gasteiger partial charge is 0.506 e. The van der Waals surface area contributed by atoms with Crippen LogP contribution in [0.2, 0.25) is 5.02 Å². The summed E-state index contributed by atoms with van der Waals surface area (Å²) < 4.78 is 1.53.